The highest BCUT2D eigenvalue weighted by Gasteiger charge is 2.36. The second-order valence-corrected chi connectivity index (χ2v) is 6.74. The molecule has 21 heavy (non-hydrogen) atoms. The lowest BCUT2D eigenvalue weighted by Crippen LogP contribution is -2.12. The molecule has 0 saturated heterocycles. The van der Waals surface area contributed by atoms with Gasteiger partial charge < -0.3 is 10.3 Å². The van der Waals surface area contributed by atoms with Gasteiger partial charge in [0.15, 0.2) is 5.16 Å². The molecule has 1 aromatic heterocycles. The average Bonchev–Trinajstić information content (AvgIpc) is 3.39. The van der Waals surface area contributed by atoms with Crippen molar-refractivity contribution in [2.75, 3.05) is 0 Å². The first-order chi connectivity index (χ1) is 10.2. The number of nitrogens with zero attached hydrogens (tertiary/aromatic N) is 3. The molecule has 0 radical (unpaired) electrons. The van der Waals surface area contributed by atoms with Crippen LogP contribution in [0.3, 0.4) is 0 Å². The number of hydrogen-bond donors (Lipinski definition) is 2. The minimum absolute atomic E-state index is 0.0954. The van der Waals surface area contributed by atoms with Crippen molar-refractivity contribution < 1.29 is 0 Å². The fraction of sp³-hybridized carbons (Fsp3) is 0.400. The number of rotatable bonds is 5. The fourth-order valence-electron chi connectivity index (χ4n) is 2.53. The maximum absolute atomic E-state index is 7.70. The number of nitrogens with one attached hydrogen (secondary N) is 1. The van der Waals surface area contributed by atoms with E-state index in [1.165, 1.54) is 25.7 Å². The van der Waals surface area contributed by atoms with Crippen molar-refractivity contribution in [1.29, 1.82) is 5.41 Å². The van der Waals surface area contributed by atoms with Crippen molar-refractivity contribution >= 4 is 17.6 Å². The summed E-state index contributed by atoms with van der Waals surface area (Å²) >= 11 is 1.57. The van der Waals surface area contributed by atoms with Crippen molar-refractivity contribution in [3.8, 4) is 0 Å². The maximum Gasteiger partial charge on any atom is 0.196 e. The van der Waals surface area contributed by atoms with Gasteiger partial charge in [-0.1, -0.05) is 18.2 Å². The Labute approximate surface area is 127 Å². The lowest BCUT2D eigenvalue weighted by Gasteiger charge is -2.10. The van der Waals surface area contributed by atoms with Crippen LogP contribution in [0, 0.1) is 5.41 Å². The van der Waals surface area contributed by atoms with E-state index in [1.54, 1.807) is 11.8 Å². The number of aromatic nitrogens is 3. The van der Waals surface area contributed by atoms with E-state index in [9.17, 15) is 0 Å². The number of hydrogen-bond acceptors (Lipinski definition) is 4. The van der Waals surface area contributed by atoms with Gasteiger partial charge in [0, 0.05) is 22.4 Å². The van der Waals surface area contributed by atoms with Gasteiger partial charge in [-0.3, -0.25) is 5.41 Å². The van der Waals surface area contributed by atoms with Gasteiger partial charge in [0.2, 0.25) is 0 Å². The van der Waals surface area contributed by atoms with Crippen LogP contribution in [0.1, 0.15) is 49.0 Å². The Balaban J connectivity index is 1.70. The highest BCUT2D eigenvalue weighted by atomic mass is 32.2. The van der Waals surface area contributed by atoms with E-state index in [0.29, 0.717) is 12.0 Å². The first-order valence-electron chi connectivity index (χ1n) is 7.30. The predicted octanol–water partition coefficient (Wildman–Crippen LogP) is 2.93. The molecule has 4 rings (SSSR count). The highest BCUT2D eigenvalue weighted by molar-refractivity contribution is 7.99. The molecule has 2 saturated carbocycles. The van der Waals surface area contributed by atoms with E-state index < -0.39 is 0 Å². The molecule has 0 atom stereocenters. The van der Waals surface area contributed by atoms with E-state index in [0.717, 1.165) is 21.4 Å². The standard InChI is InChI=1S/C15H17N5S/c16-13(17)11-3-1-2-4-12(11)21-15-19-18-14(9-5-6-9)20(15)10-7-8-10/h1-4,9-10H,5-8H2,(H3,16,17). The van der Waals surface area contributed by atoms with Gasteiger partial charge in [-0.05, 0) is 43.5 Å². The van der Waals surface area contributed by atoms with Crippen LogP contribution in [0.5, 0.6) is 0 Å². The lowest BCUT2D eigenvalue weighted by molar-refractivity contribution is 0.627. The van der Waals surface area contributed by atoms with E-state index in [4.69, 9.17) is 11.1 Å². The first-order valence-corrected chi connectivity index (χ1v) is 8.12. The summed E-state index contributed by atoms with van der Waals surface area (Å²) in [6.07, 6.45) is 4.92. The molecule has 3 N–H and O–H groups in total. The van der Waals surface area contributed by atoms with Gasteiger partial charge in [0.1, 0.15) is 11.7 Å². The van der Waals surface area contributed by atoms with Gasteiger partial charge in [-0.2, -0.15) is 0 Å². The van der Waals surface area contributed by atoms with Gasteiger partial charge in [-0.15, -0.1) is 10.2 Å². The highest BCUT2D eigenvalue weighted by Crippen LogP contribution is 2.46. The molecule has 2 fully saturated rings. The SMILES string of the molecule is N=C(N)c1ccccc1Sc1nnc(C2CC2)n1C1CC1. The second-order valence-electron chi connectivity index (χ2n) is 5.73. The van der Waals surface area contributed by atoms with Crippen molar-refractivity contribution in [1.82, 2.24) is 14.8 Å². The van der Waals surface area contributed by atoms with Crippen LogP contribution in [-0.4, -0.2) is 20.6 Å². The minimum Gasteiger partial charge on any atom is -0.384 e. The Bertz CT molecular complexity index is 700. The normalized spacial score (nSPS) is 17.9. The van der Waals surface area contributed by atoms with Crippen LogP contribution in [0.4, 0.5) is 0 Å². The third-order valence-electron chi connectivity index (χ3n) is 3.92. The molecule has 0 bridgehead atoms. The Morgan fingerprint density at radius 1 is 1.19 bits per heavy atom. The fourth-order valence-corrected chi connectivity index (χ4v) is 3.58. The van der Waals surface area contributed by atoms with Crippen molar-refractivity contribution in [3.63, 3.8) is 0 Å². The molecule has 108 valence electrons. The zero-order valence-corrected chi connectivity index (χ0v) is 12.4. The molecule has 6 heteroatoms. The van der Waals surface area contributed by atoms with Crippen LogP contribution in [0.15, 0.2) is 34.3 Å². The third kappa shape index (κ3) is 2.44. The van der Waals surface area contributed by atoms with Crippen LogP contribution in [0.2, 0.25) is 0 Å². The number of nitrogen functional groups attached to an aromatic ring is 1. The summed E-state index contributed by atoms with van der Waals surface area (Å²) in [5.74, 6) is 1.86. The summed E-state index contributed by atoms with van der Waals surface area (Å²) in [5.41, 5.74) is 6.43. The Morgan fingerprint density at radius 2 is 1.95 bits per heavy atom. The molecule has 0 unspecified atom stereocenters. The van der Waals surface area contributed by atoms with Gasteiger partial charge in [0.05, 0.1) is 0 Å². The van der Waals surface area contributed by atoms with Gasteiger partial charge >= 0.3 is 0 Å². The molecule has 1 heterocycles. The molecule has 5 nitrogen and oxygen atoms in total. The summed E-state index contributed by atoms with van der Waals surface area (Å²) in [7, 11) is 0. The molecule has 2 aromatic rings. The quantitative estimate of drug-likeness (QED) is 0.657. The molecule has 0 aliphatic heterocycles. The predicted molar refractivity (Wildman–Crippen MR) is 81.8 cm³/mol. The van der Waals surface area contributed by atoms with Crippen LogP contribution in [-0.2, 0) is 0 Å². The summed E-state index contributed by atoms with van der Waals surface area (Å²) in [6.45, 7) is 0. The lowest BCUT2D eigenvalue weighted by atomic mass is 10.2. The zero-order chi connectivity index (χ0) is 14.4. The zero-order valence-electron chi connectivity index (χ0n) is 11.6. The topological polar surface area (TPSA) is 80.6 Å². The Morgan fingerprint density at radius 3 is 2.62 bits per heavy atom. The Kier molecular flexibility index (Phi) is 2.99. The van der Waals surface area contributed by atoms with Crippen molar-refractivity contribution in [2.45, 2.75) is 47.7 Å². The largest absolute Gasteiger partial charge is 0.384 e. The molecule has 2 aliphatic rings. The van der Waals surface area contributed by atoms with Gasteiger partial charge in [0.25, 0.3) is 0 Å². The first kappa shape index (κ1) is 12.9. The minimum atomic E-state index is 0.0954. The number of benzene rings is 1. The van der Waals surface area contributed by atoms with E-state index >= 15 is 0 Å². The van der Waals surface area contributed by atoms with Crippen molar-refractivity contribution in [2.24, 2.45) is 5.73 Å². The smallest absolute Gasteiger partial charge is 0.196 e. The molecule has 1 aromatic carbocycles. The number of amidine groups is 1. The molecular formula is C15H17N5S. The maximum atomic E-state index is 7.70. The number of nitrogens with two attached hydrogens (primary N) is 1. The summed E-state index contributed by atoms with van der Waals surface area (Å²) in [4.78, 5) is 0.974. The van der Waals surface area contributed by atoms with E-state index in [1.807, 2.05) is 24.3 Å². The summed E-state index contributed by atoms with van der Waals surface area (Å²) < 4.78 is 2.32. The molecular weight excluding hydrogens is 282 g/mol. The molecule has 0 amide bonds. The summed E-state index contributed by atoms with van der Waals surface area (Å²) in [5, 5.41) is 17.5. The Hall–Kier alpha value is -1.82. The van der Waals surface area contributed by atoms with E-state index in [2.05, 4.69) is 14.8 Å². The van der Waals surface area contributed by atoms with Gasteiger partial charge in [-0.25, -0.2) is 0 Å². The molecule has 2 aliphatic carbocycles. The van der Waals surface area contributed by atoms with Crippen molar-refractivity contribution in [3.05, 3.63) is 35.7 Å². The average molecular weight is 299 g/mol. The van der Waals surface area contributed by atoms with Crippen LogP contribution >= 0.6 is 11.8 Å². The van der Waals surface area contributed by atoms with Crippen LogP contribution < -0.4 is 5.73 Å². The monoisotopic (exact) mass is 299 g/mol. The summed E-state index contributed by atoms with van der Waals surface area (Å²) in [6, 6.07) is 8.31. The second kappa shape index (κ2) is 4.87. The molecule has 0 spiro atoms. The van der Waals surface area contributed by atoms with Crippen LogP contribution in [0.25, 0.3) is 0 Å². The van der Waals surface area contributed by atoms with E-state index in [-0.39, 0.29) is 5.84 Å². The third-order valence-corrected chi connectivity index (χ3v) is 4.96.